The topological polar surface area (TPSA) is 34.9 Å². The molecule has 0 N–H and O–H groups in total. The lowest BCUT2D eigenvalue weighted by Crippen LogP contribution is -2.10. The van der Waals surface area contributed by atoms with Gasteiger partial charge >= 0.3 is 0 Å². The van der Waals surface area contributed by atoms with E-state index in [4.69, 9.17) is 0 Å². The highest BCUT2D eigenvalue weighted by Gasteiger charge is 2.12. The van der Waals surface area contributed by atoms with E-state index in [1.54, 1.807) is 6.20 Å². The summed E-state index contributed by atoms with van der Waals surface area (Å²) in [5.74, 6) is 0.942. The molecule has 0 saturated heterocycles. The third kappa shape index (κ3) is 2.44. The van der Waals surface area contributed by atoms with Gasteiger partial charge in [-0.05, 0) is 12.0 Å². The summed E-state index contributed by atoms with van der Waals surface area (Å²) < 4.78 is 1.88. The van der Waals surface area contributed by atoms with Crippen LogP contribution in [0.3, 0.4) is 0 Å². The molecule has 0 amide bonds. The number of ketones is 1. The molecule has 2 rings (SSSR count). The zero-order valence-electron chi connectivity index (χ0n) is 10.2. The third-order valence-electron chi connectivity index (χ3n) is 2.94. The Hall–Kier alpha value is -1.90. The van der Waals surface area contributed by atoms with Gasteiger partial charge in [0.05, 0.1) is 6.42 Å². The Morgan fingerprint density at radius 1 is 1.35 bits per heavy atom. The van der Waals surface area contributed by atoms with E-state index in [2.05, 4.69) is 11.9 Å². The van der Waals surface area contributed by atoms with Crippen LogP contribution in [0.1, 0.15) is 28.7 Å². The fourth-order valence-corrected chi connectivity index (χ4v) is 1.91. The molecule has 0 unspecified atom stereocenters. The van der Waals surface area contributed by atoms with Crippen LogP contribution in [0.25, 0.3) is 0 Å². The van der Waals surface area contributed by atoms with Crippen LogP contribution in [0.2, 0.25) is 0 Å². The summed E-state index contributed by atoms with van der Waals surface area (Å²) in [5, 5.41) is 0. The van der Waals surface area contributed by atoms with Gasteiger partial charge < -0.3 is 4.57 Å². The standard InChI is InChI=1S/C14H16N2O/c1-3-11-6-4-5-7-12(11)13(17)10-14-15-8-9-16(14)2/h4-9H,3,10H2,1-2H3. The van der Waals surface area contributed by atoms with Gasteiger partial charge in [-0.3, -0.25) is 4.79 Å². The number of Topliss-reactive ketones (excluding diaryl/α,β-unsaturated/α-hetero) is 1. The monoisotopic (exact) mass is 228 g/mol. The fraction of sp³-hybridized carbons (Fsp3) is 0.286. The molecule has 0 radical (unpaired) electrons. The number of carbonyl (C=O) groups excluding carboxylic acids is 1. The molecule has 1 aromatic carbocycles. The van der Waals surface area contributed by atoms with Crippen LogP contribution < -0.4 is 0 Å². The Kier molecular flexibility index (Phi) is 3.38. The summed E-state index contributed by atoms with van der Waals surface area (Å²) in [6.07, 6.45) is 4.81. The van der Waals surface area contributed by atoms with Gasteiger partial charge in [0.15, 0.2) is 5.78 Å². The van der Waals surface area contributed by atoms with Crippen LogP contribution in [-0.2, 0) is 19.9 Å². The van der Waals surface area contributed by atoms with E-state index in [9.17, 15) is 4.79 Å². The quantitative estimate of drug-likeness (QED) is 0.753. The highest BCUT2D eigenvalue weighted by atomic mass is 16.1. The summed E-state index contributed by atoms with van der Waals surface area (Å²) in [4.78, 5) is 16.4. The molecule has 3 heteroatoms. The number of carbonyl (C=O) groups is 1. The molecule has 17 heavy (non-hydrogen) atoms. The minimum atomic E-state index is 0.136. The maximum atomic E-state index is 12.2. The lowest BCUT2D eigenvalue weighted by atomic mass is 10.00. The van der Waals surface area contributed by atoms with Crippen molar-refractivity contribution < 1.29 is 4.79 Å². The molecule has 0 atom stereocenters. The predicted octanol–water partition coefficient (Wildman–Crippen LogP) is 2.41. The van der Waals surface area contributed by atoms with Gasteiger partial charge in [-0.25, -0.2) is 4.98 Å². The summed E-state index contributed by atoms with van der Waals surface area (Å²) in [6, 6.07) is 7.77. The maximum Gasteiger partial charge on any atom is 0.170 e. The van der Waals surface area contributed by atoms with Gasteiger partial charge in [-0.2, -0.15) is 0 Å². The second-order valence-electron chi connectivity index (χ2n) is 4.07. The number of hydrogen-bond donors (Lipinski definition) is 0. The van der Waals surface area contributed by atoms with E-state index in [0.717, 1.165) is 23.4 Å². The number of benzene rings is 1. The highest BCUT2D eigenvalue weighted by molar-refractivity contribution is 5.98. The third-order valence-corrected chi connectivity index (χ3v) is 2.94. The molecule has 1 aromatic heterocycles. The fourth-order valence-electron chi connectivity index (χ4n) is 1.91. The maximum absolute atomic E-state index is 12.2. The molecule has 0 bridgehead atoms. The van der Waals surface area contributed by atoms with Crippen LogP contribution in [0, 0.1) is 0 Å². The molecule has 88 valence electrons. The number of nitrogens with zero attached hydrogens (tertiary/aromatic N) is 2. The Morgan fingerprint density at radius 2 is 2.12 bits per heavy atom. The molecular weight excluding hydrogens is 212 g/mol. The lowest BCUT2D eigenvalue weighted by Gasteiger charge is -2.06. The van der Waals surface area contributed by atoms with Crippen LogP contribution in [-0.4, -0.2) is 15.3 Å². The summed E-state index contributed by atoms with van der Waals surface area (Å²) in [7, 11) is 1.90. The van der Waals surface area contributed by atoms with Gasteiger partial charge in [-0.1, -0.05) is 31.2 Å². The Morgan fingerprint density at radius 3 is 2.76 bits per heavy atom. The summed E-state index contributed by atoms with van der Waals surface area (Å²) in [6.45, 7) is 2.06. The lowest BCUT2D eigenvalue weighted by molar-refractivity contribution is 0.0989. The van der Waals surface area contributed by atoms with E-state index >= 15 is 0 Å². The second-order valence-corrected chi connectivity index (χ2v) is 4.07. The average Bonchev–Trinajstić information content (AvgIpc) is 2.75. The number of aryl methyl sites for hydroxylation is 2. The van der Waals surface area contributed by atoms with Gasteiger partial charge in [0, 0.05) is 25.0 Å². The van der Waals surface area contributed by atoms with Gasteiger partial charge in [0.1, 0.15) is 5.82 Å². The molecule has 2 aromatic rings. The van der Waals surface area contributed by atoms with Crippen LogP contribution in [0.15, 0.2) is 36.7 Å². The molecular formula is C14H16N2O. The zero-order chi connectivity index (χ0) is 12.3. The van der Waals surface area contributed by atoms with Crippen molar-refractivity contribution in [3.8, 4) is 0 Å². The molecule has 0 aliphatic rings. The SMILES string of the molecule is CCc1ccccc1C(=O)Cc1nccn1C. The van der Waals surface area contributed by atoms with Crippen molar-refractivity contribution in [3.05, 3.63) is 53.6 Å². The first-order valence-corrected chi connectivity index (χ1v) is 5.79. The van der Waals surface area contributed by atoms with Crippen LogP contribution in [0.4, 0.5) is 0 Å². The van der Waals surface area contributed by atoms with Crippen molar-refractivity contribution in [2.45, 2.75) is 19.8 Å². The number of aromatic nitrogens is 2. The predicted molar refractivity (Wildman–Crippen MR) is 67.1 cm³/mol. The number of imidazole rings is 1. The van der Waals surface area contributed by atoms with E-state index in [-0.39, 0.29) is 5.78 Å². The van der Waals surface area contributed by atoms with Crippen molar-refractivity contribution in [3.63, 3.8) is 0 Å². The minimum Gasteiger partial charge on any atom is -0.338 e. The molecule has 0 aliphatic carbocycles. The smallest absolute Gasteiger partial charge is 0.170 e. The van der Waals surface area contributed by atoms with Crippen molar-refractivity contribution in [2.75, 3.05) is 0 Å². The molecule has 0 fully saturated rings. The van der Waals surface area contributed by atoms with Crippen molar-refractivity contribution >= 4 is 5.78 Å². The first kappa shape index (κ1) is 11.6. The Bertz CT molecular complexity index is 529. The number of hydrogen-bond acceptors (Lipinski definition) is 2. The molecule has 3 nitrogen and oxygen atoms in total. The van der Waals surface area contributed by atoms with Crippen LogP contribution >= 0.6 is 0 Å². The largest absolute Gasteiger partial charge is 0.338 e. The van der Waals surface area contributed by atoms with E-state index in [1.165, 1.54) is 0 Å². The van der Waals surface area contributed by atoms with Gasteiger partial charge in [0.2, 0.25) is 0 Å². The van der Waals surface area contributed by atoms with Gasteiger partial charge in [-0.15, -0.1) is 0 Å². The van der Waals surface area contributed by atoms with E-state index in [0.29, 0.717) is 6.42 Å². The second kappa shape index (κ2) is 4.95. The molecule has 0 saturated carbocycles. The van der Waals surface area contributed by atoms with Crippen molar-refractivity contribution in [1.29, 1.82) is 0 Å². The molecule has 1 heterocycles. The van der Waals surface area contributed by atoms with Crippen molar-refractivity contribution in [1.82, 2.24) is 9.55 Å². The van der Waals surface area contributed by atoms with Crippen molar-refractivity contribution in [2.24, 2.45) is 7.05 Å². The molecule has 0 spiro atoms. The van der Waals surface area contributed by atoms with Gasteiger partial charge in [0.25, 0.3) is 0 Å². The normalized spacial score (nSPS) is 10.5. The zero-order valence-corrected chi connectivity index (χ0v) is 10.2. The Labute approximate surface area is 101 Å². The van der Waals surface area contributed by atoms with Crippen LogP contribution in [0.5, 0.6) is 0 Å². The highest BCUT2D eigenvalue weighted by Crippen LogP contribution is 2.12. The minimum absolute atomic E-state index is 0.136. The summed E-state index contributed by atoms with van der Waals surface area (Å²) in [5.41, 5.74) is 1.92. The van der Waals surface area contributed by atoms with E-state index in [1.807, 2.05) is 42.1 Å². The Balaban J connectivity index is 2.23. The number of rotatable bonds is 4. The first-order valence-electron chi connectivity index (χ1n) is 5.79. The average molecular weight is 228 g/mol. The summed E-state index contributed by atoms with van der Waals surface area (Å²) >= 11 is 0. The molecule has 0 aliphatic heterocycles. The van der Waals surface area contributed by atoms with E-state index < -0.39 is 0 Å². The first-order chi connectivity index (χ1) is 8.22.